The summed E-state index contributed by atoms with van der Waals surface area (Å²) in [6, 6.07) is 10.1. The lowest BCUT2D eigenvalue weighted by Gasteiger charge is -2.21. The summed E-state index contributed by atoms with van der Waals surface area (Å²) >= 11 is 1.22. The van der Waals surface area contributed by atoms with Crippen LogP contribution in [0.15, 0.2) is 52.4 Å². The average Bonchev–Trinajstić information content (AvgIpc) is 3.34. The summed E-state index contributed by atoms with van der Waals surface area (Å²) in [5.41, 5.74) is 1.48. The van der Waals surface area contributed by atoms with Gasteiger partial charge < -0.3 is 4.57 Å². The molecule has 11 heteroatoms. The fourth-order valence-electron chi connectivity index (χ4n) is 3.62. The van der Waals surface area contributed by atoms with Crippen molar-refractivity contribution >= 4 is 43.2 Å². The van der Waals surface area contributed by atoms with E-state index in [-0.39, 0.29) is 17.1 Å². The van der Waals surface area contributed by atoms with Crippen LogP contribution in [0.4, 0.5) is 5.69 Å². The topological polar surface area (TPSA) is 115 Å². The number of hydrogen-bond donors (Lipinski definition) is 0. The molecule has 1 aliphatic heterocycles. The number of hydrogen-bond acceptors (Lipinski definition) is 6. The predicted octanol–water partition coefficient (Wildman–Crippen LogP) is 2.74. The highest BCUT2D eigenvalue weighted by atomic mass is 32.2. The van der Waals surface area contributed by atoms with E-state index in [4.69, 9.17) is 0 Å². The Balaban J connectivity index is 1.69. The van der Waals surface area contributed by atoms with Gasteiger partial charge in [-0.1, -0.05) is 29.0 Å². The zero-order valence-electron chi connectivity index (χ0n) is 16.9. The van der Waals surface area contributed by atoms with Crippen LogP contribution in [0, 0.1) is 17.0 Å². The summed E-state index contributed by atoms with van der Waals surface area (Å²) < 4.78 is 29.8. The molecule has 1 saturated heterocycles. The van der Waals surface area contributed by atoms with Gasteiger partial charge in [-0.15, -0.1) is 0 Å². The number of carbonyl (C=O) groups is 1. The molecule has 3 aromatic rings. The van der Waals surface area contributed by atoms with Crippen LogP contribution in [0.3, 0.4) is 0 Å². The van der Waals surface area contributed by atoms with E-state index in [1.807, 2.05) is 6.92 Å². The molecule has 9 nitrogen and oxygen atoms in total. The fraction of sp³-hybridized carbons (Fsp3) is 0.300. The van der Waals surface area contributed by atoms with Crippen LogP contribution in [0.2, 0.25) is 0 Å². The molecule has 1 unspecified atom stereocenters. The molecule has 0 N–H and O–H groups in total. The van der Waals surface area contributed by atoms with E-state index in [1.165, 1.54) is 27.8 Å². The number of amides is 1. The largest absolute Gasteiger partial charge is 0.319 e. The molecule has 2 heterocycles. The zero-order chi connectivity index (χ0) is 22.3. The van der Waals surface area contributed by atoms with E-state index in [9.17, 15) is 23.3 Å². The lowest BCUT2D eigenvalue weighted by Crippen LogP contribution is -2.40. The lowest BCUT2D eigenvalue weighted by molar-refractivity contribution is -0.384. The number of carbonyl (C=O) groups excluding carboxylic acids is 1. The van der Waals surface area contributed by atoms with Gasteiger partial charge in [-0.3, -0.25) is 14.9 Å². The molecule has 31 heavy (non-hydrogen) atoms. The smallest absolute Gasteiger partial charge is 0.271 e. The SMILES string of the molecule is Cc1ccc(S(=O)(=O)N2CCCC2C(=O)N=c2sc3ccc([N+](=O)[O-])cc3n2C)cc1. The number of thiazole rings is 1. The number of rotatable bonds is 4. The van der Waals surface area contributed by atoms with Crippen LogP contribution in [-0.4, -0.2) is 40.7 Å². The molecule has 0 aliphatic carbocycles. The molecule has 2 aromatic carbocycles. The molecule has 1 atom stereocenters. The quantitative estimate of drug-likeness (QED) is 0.439. The molecular weight excluding hydrogens is 440 g/mol. The second-order valence-electron chi connectivity index (χ2n) is 7.39. The molecule has 0 spiro atoms. The number of nitrogens with zero attached hydrogens (tertiary/aromatic N) is 4. The van der Waals surface area contributed by atoms with E-state index in [1.54, 1.807) is 41.9 Å². The maximum absolute atomic E-state index is 13.1. The first-order valence-corrected chi connectivity index (χ1v) is 11.9. The van der Waals surface area contributed by atoms with E-state index >= 15 is 0 Å². The summed E-state index contributed by atoms with van der Waals surface area (Å²) in [5.74, 6) is -0.537. The first-order valence-electron chi connectivity index (χ1n) is 9.59. The first kappa shape index (κ1) is 21.3. The van der Waals surface area contributed by atoms with Crippen molar-refractivity contribution in [3.05, 3.63) is 62.9 Å². The van der Waals surface area contributed by atoms with Gasteiger partial charge in [0.1, 0.15) is 6.04 Å². The van der Waals surface area contributed by atoms with Crippen LogP contribution in [0.1, 0.15) is 18.4 Å². The first-order chi connectivity index (χ1) is 14.7. The van der Waals surface area contributed by atoms with Gasteiger partial charge in [0.2, 0.25) is 10.0 Å². The second kappa shape index (κ2) is 7.98. The van der Waals surface area contributed by atoms with Crippen molar-refractivity contribution < 1.29 is 18.1 Å². The number of aromatic nitrogens is 1. The maximum atomic E-state index is 13.1. The molecule has 0 radical (unpaired) electrons. The van der Waals surface area contributed by atoms with Crippen molar-refractivity contribution in [2.45, 2.75) is 30.7 Å². The van der Waals surface area contributed by atoms with Crippen molar-refractivity contribution in [1.82, 2.24) is 8.87 Å². The van der Waals surface area contributed by atoms with Crippen molar-refractivity contribution in [3.8, 4) is 0 Å². The molecule has 162 valence electrons. The van der Waals surface area contributed by atoms with Crippen molar-refractivity contribution in [3.63, 3.8) is 0 Å². The van der Waals surface area contributed by atoms with Crippen LogP contribution in [0.25, 0.3) is 10.2 Å². The molecule has 0 bridgehead atoms. The van der Waals surface area contributed by atoms with Gasteiger partial charge in [-0.25, -0.2) is 8.42 Å². The van der Waals surface area contributed by atoms with Gasteiger partial charge >= 0.3 is 0 Å². The average molecular weight is 461 g/mol. The Morgan fingerprint density at radius 3 is 2.61 bits per heavy atom. The number of benzene rings is 2. The van der Waals surface area contributed by atoms with E-state index in [2.05, 4.69) is 4.99 Å². The Hall–Kier alpha value is -2.89. The standard InChI is InChI=1S/C20H20N4O5S2/c1-13-5-8-15(9-6-13)31(28,29)23-11-3-4-16(23)19(25)21-20-22(2)17-12-14(24(26)27)7-10-18(17)30-20/h5-10,12,16H,3-4,11H2,1-2H3. The Bertz CT molecular complexity index is 1360. The van der Waals surface area contributed by atoms with Gasteiger partial charge in [-0.2, -0.15) is 9.30 Å². The predicted molar refractivity (Wildman–Crippen MR) is 116 cm³/mol. The van der Waals surface area contributed by atoms with Crippen molar-refractivity contribution in [2.75, 3.05) is 6.54 Å². The van der Waals surface area contributed by atoms with Gasteiger partial charge in [0.25, 0.3) is 11.6 Å². The molecule has 4 rings (SSSR count). The molecule has 1 amide bonds. The van der Waals surface area contributed by atoms with Gasteiger partial charge in [0.05, 0.1) is 20.0 Å². The summed E-state index contributed by atoms with van der Waals surface area (Å²) in [5, 5.41) is 11.0. The third-order valence-electron chi connectivity index (χ3n) is 5.33. The third-order valence-corrected chi connectivity index (χ3v) is 8.36. The third kappa shape index (κ3) is 3.91. The van der Waals surface area contributed by atoms with E-state index < -0.39 is 26.9 Å². The summed E-state index contributed by atoms with van der Waals surface area (Å²) in [7, 11) is -2.15. The van der Waals surface area contributed by atoms with Crippen LogP contribution >= 0.6 is 11.3 Å². The van der Waals surface area contributed by atoms with Crippen LogP contribution in [-0.2, 0) is 21.9 Å². The number of non-ortho nitro benzene ring substituents is 1. The summed E-state index contributed by atoms with van der Waals surface area (Å²) in [6.45, 7) is 2.13. The van der Waals surface area contributed by atoms with Crippen molar-refractivity contribution in [1.29, 1.82) is 0 Å². The number of nitro benzene ring substituents is 1. The molecule has 1 fully saturated rings. The molecule has 1 aromatic heterocycles. The highest BCUT2D eigenvalue weighted by Gasteiger charge is 2.39. The van der Waals surface area contributed by atoms with Gasteiger partial charge in [0.15, 0.2) is 4.80 Å². The number of nitro groups is 1. The summed E-state index contributed by atoms with van der Waals surface area (Å²) in [6.07, 6.45) is 0.968. The lowest BCUT2D eigenvalue weighted by atomic mass is 10.2. The summed E-state index contributed by atoms with van der Waals surface area (Å²) in [4.78, 5) is 28.2. The van der Waals surface area contributed by atoms with Crippen LogP contribution < -0.4 is 4.80 Å². The Labute approximate surface area is 182 Å². The monoisotopic (exact) mass is 460 g/mol. The van der Waals surface area contributed by atoms with Crippen LogP contribution in [0.5, 0.6) is 0 Å². The number of aryl methyl sites for hydroxylation is 2. The van der Waals surface area contributed by atoms with Crippen molar-refractivity contribution in [2.24, 2.45) is 12.0 Å². The fourth-order valence-corrected chi connectivity index (χ4v) is 6.28. The highest BCUT2D eigenvalue weighted by Crippen LogP contribution is 2.27. The van der Waals surface area contributed by atoms with E-state index in [0.29, 0.717) is 23.2 Å². The minimum absolute atomic E-state index is 0.0510. The Morgan fingerprint density at radius 1 is 1.23 bits per heavy atom. The number of sulfonamides is 1. The Morgan fingerprint density at radius 2 is 1.94 bits per heavy atom. The molecular formula is C20H20N4O5S2. The normalized spacial score (nSPS) is 18.0. The zero-order valence-corrected chi connectivity index (χ0v) is 18.5. The van der Waals surface area contributed by atoms with Gasteiger partial charge in [-0.05, 0) is 38.0 Å². The minimum atomic E-state index is -3.82. The van der Waals surface area contributed by atoms with E-state index in [0.717, 1.165) is 10.3 Å². The van der Waals surface area contributed by atoms with Gasteiger partial charge in [0, 0.05) is 25.7 Å². The molecule has 0 saturated carbocycles. The Kier molecular flexibility index (Phi) is 5.50. The highest BCUT2D eigenvalue weighted by molar-refractivity contribution is 7.89. The second-order valence-corrected chi connectivity index (χ2v) is 10.3. The molecule has 1 aliphatic rings. The maximum Gasteiger partial charge on any atom is 0.271 e. The minimum Gasteiger partial charge on any atom is -0.319 e. The number of fused-ring (bicyclic) bond motifs is 1.